The van der Waals surface area contributed by atoms with Crippen molar-refractivity contribution < 1.29 is 19.0 Å². The van der Waals surface area contributed by atoms with Crippen LogP contribution in [0.2, 0.25) is 0 Å². The second kappa shape index (κ2) is 4.61. The average Bonchev–Trinajstić information content (AvgIpc) is 2.26. The number of alkyl halides is 2. The van der Waals surface area contributed by atoms with Crippen LogP contribution in [0.3, 0.4) is 0 Å². The number of hydrogen-bond acceptors (Lipinski definition) is 3. The van der Waals surface area contributed by atoms with Crippen molar-refractivity contribution in [3.8, 4) is 0 Å². The quantitative estimate of drug-likeness (QED) is 0.639. The number of rotatable bonds is 4. The maximum atomic E-state index is 13.4. The van der Waals surface area contributed by atoms with Gasteiger partial charge in [-0.15, -0.1) is 13.2 Å². The van der Waals surface area contributed by atoms with Crippen LogP contribution < -0.4 is 5.32 Å². The Morgan fingerprint density at radius 1 is 1.06 bits per heavy atom. The Morgan fingerprint density at radius 2 is 1.44 bits per heavy atom. The van der Waals surface area contributed by atoms with Gasteiger partial charge in [0.25, 0.3) is 0 Å². The fourth-order valence-electron chi connectivity index (χ4n) is 1.93. The minimum Gasteiger partial charge on any atom is -0.372 e. The predicted molar refractivity (Wildman–Crippen MR) is 57.1 cm³/mol. The lowest BCUT2D eigenvalue weighted by atomic mass is 9.87. The van der Waals surface area contributed by atoms with E-state index in [1.54, 1.807) is 0 Å². The summed E-state index contributed by atoms with van der Waals surface area (Å²) in [6.07, 6.45) is -1.21. The molecule has 1 aliphatic heterocycles. The molecule has 16 heavy (non-hydrogen) atoms. The van der Waals surface area contributed by atoms with E-state index in [2.05, 4.69) is 18.5 Å². The minimum atomic E-state index is -1.97. The summed E-state index contributed by atoms with van der Waals surface area (Å²) < 4.78 is 26.8. The van der Waals surface area contributed by atoms with Crippen LogP contribution in [-0.4, -0.2) is 34.0 Å². The predicted octanol–water partition coefficient (Wildman–Crippen LogP) is 1.19. The minimum absolute atomic E-state index is 0.0896. The Kier molecular flexibility index (Phi) is 3.83. The summed E-state index contributed by atoms with van der Waals surface area (Å²) in [4.78, 5) is 0. The summed E-state index contributed by atoms with van der Waals surface area (Å²) in [5, 5.41) is 22.0. The third-order valence-corrected chi connectivity index (χ3v) is 2.88. The first-order chi connectivity index (χ1) is 7.38. The number of halogens is 2. The Labute approximate surface area is 93.5 Å². The second-order valence-electron chi connectivity index (χ2n) is 4.10. The summed E-state index contributed by atoms with van der Waals surface area (Å²) in [6, 6.07) is 0. The molecule has 92 valence electrons. The zero-order chi connectivity index (χ0) is 12.4. The van der Waals surface area contributed by atoms with Crippen molar-refractivity contribution in [2.45, 2.75) is 43.1 Å². The van der Waals surface area contributed by atoms with Crippen molar-refractivity contribution in [3.63, 3.8) is 0 Å². The molecule has 0 amide bonds. The Bertz CT molecular complexity index is 261. The van der Waals surface area contributed by atoms with Crippen molar-refractivity contribution in [3.05, 3.63) is 25.3 Å². The van der Waals surface area contributed by atoms with Crippen LogP contribution >= 0.6 is 0 Å². The molecule has 1 heterocycles. The topological polar surface area (TPSA) is 52.5 Å². The molecule has 0 saturated carbocycles. The maximum Gasteiger partial charge on any atom is 0.160 e. The highest BCUT2D eigenvalue weighted by Crippen LogP contribution is 2.33. The van der Waals surface area contributed by atoms with Gasteiger partial charge in [-0.2, -0.15) is 0 Å². The largest absolute Gasteiger partial charge is 0.372 e. The zero-order valence-electron chi connectivity index (χ0n) is 9.00. The summed E-state index contributed by atoms with van der Waals surface area (Å²) in [7, 11) is 0. The number of aliphatic hydroxyl groups is 2. The van der Waals surface area contributed by atoms with Gasteiger partial charge in [-0.1, -0.05) is 12.2 Å². The van der Waals surface area contributed by atoms with Crippen LogP contribution in [0.5, 0.6) is 0 Å². The molecule has 1 aliphatic rings. The number of hydrogen-bond donors (Lipinski definition) is 3. The van der Waals surface area contributed by atoms with Crippen molar-refractivity contribution in [1.29, 1.82) is 0 Å². The highest BCUT2D eigenvalue weighted by molar-refractivity contribution is 5.06. The van der Waals surface area contributed by atoms with Crippen molar-refractivity contribution in [2.24, 2.45) is 0 Å². The van der Waals surface area contributed by atoms with E-state index in [0.29, 0.717) is 6.42 Å². The highest BCUT2D eigenvalue weighted by Gasteiger charge is 2.49. The first-order valence-electron chi connectivity index (χ1n) is 5.15. The van der Waals surface area contributed by atoms with Gasteiger partial charge < -0.3 is 10.2 Å². The molecule has 0 aromatic carbocycles. The van der Waals surface area contributed by atoms with Gasteiger partial charge in [-0.3, -0.25) is 5.32 Å². The third kappa shape index (κ3) is 2.31. The van der Waals surface area contributed by atoms with E-state index in [-0.39, 0.29) is 12.8 Å². The molecule has 0 spiro atoms. The third-order valence-electron chi connectivity index (χ3n) is 2.88. The van der Waals surface area contributed by atoms with Gasteiger partial charge in [0.05, 0.1) is 0 Å². The Balaban J connectivity index is 2.87. The van der Waals surface area contributed by atoms with Gasteiger partial charge in [0.15, 0.2) is 23.8 Å². The molecule has 1 fully saturated rings. The molecule has 5 heteroatoms. The van der Waals surface area contributed by atoms with Gasteiger partial charge in [0.1, 0.15) is 0 Å². The Hall–Kier alpha value is -0.780. The molecule has 3 N–H and O–H groups in total. The Morgan fingerprint density at radius 3 is 1.75 bits per heavy atom. The van der Waals surface area contributed by atoms with E-state index in [1.165, 1.54) is 0 Å². The smallest absolute Gasteiger partial charge is 0.160 e. The fraction of sp³-hybridized carbons (Fsp3) is 0.636. The van der Waals surface area contributed by atoms with E-state index in [0.717, 1.165) is 12.2 Å². The number of nitrogens with one attached hydrogen (secondary N) is 1. The van der Waals surface area contributed by atoms with E-state index in [9.17, 15) is 19.0 Å². The van der Waals surface area contributed by atoms with Gasteiger partial charge in [0, 0.05) is 0 Å². The van der Waals surface area contributed by atoms with Gasteiger partial charge in [-0.25, -0.2) is 8.78 Å². The van der Waals surface area contributed by atoms with E-state index >= 15 is 0 Å². The molecule has 0 aromatic rings. The summed E-state index contributed by atoms with van der Waals surface area (Å²) in [6.45, 7) is 6.45. The lowest BCUT2D eigenvalue weighted by Gasteiger charge is -2.45. The first-order valence-corrected chi connectivity index (χ1v) is 5.15. The van der Waals surface area contributed by atoms with Gasteiger partial charge in [0.2, 0.25) is 0 Å². The van der Waals surface area contributed by atoms with Crippen molar-refractivity contribution >= 4 is 0 Å². The molecule has 0 radical (unpaired) electrons. The lowest BCUT2D eigenvalue weighted by Crippen LogP contribution is -2.68. The van der Waals surface area contributed by atoms with Gasteiger partial charge >= 0.3 is 0 Å². The summed E-state index contributed by atoms with van der Waals surface area (Å²) in [5.74, 6) is 0. The zero-order valence-corrected chi connectivity index (χ0v) is 9.00. The molecular formula is C11H17F2NO2. The molecule has 4 atom stereocenters. The van der Waals surface area contributed by atoms with Crippen LogP contribution in [0.4, 0.5) is 8.78 Å². The van der Waals surface area contributed by atoms with Crippen LogP contribution in [0.25, 0.3) is 0 Å². The molecule has 0 bridgehead atoms. The highest BCUT2D eigenvalue weighted by atomic mass is 19.1. The SMILES string of the molecule is C=CC(F)C1(O)CCCC(O)(C(F)C=C)N1. The fourth-order valence-corrected chi connectivity index (χ4v) is 1.93. The normalized spacial score (nSPS) is 38.8. The molecule has 1 saturated heterocycles. The van der Waals surface area contributed by atoms with E-state index in [4.69, 9.17) is 0 Å². The molecular weight excluding hydrogens is 216 g/mol. The standard InChI is InChI=1S/C11H17F2NO2/c1-3-8(12)10(15)6-5-7-11(16,14-10)9(13)4-2/h3-4,8-9,14-16H,1-2,5-7H2. The lowest BCUT2D eigenvalue weighted by molar-refractivity contribution is -0.176. The van der Waals surface area contributed by atoms with Crippen LogP contribution in [-0.2, 0) is 0 Å². The molecule has 1 rings (SSSR count). The number of piperidine rings is 1. The average molecular weight is 233 g/mol. The maximum absolute atomic E-state index is 13.4. The van der Waals surface area contributed by atoms with Crippen LogP contribution in [0.15, 0.2) is 25.3 Å². The van der Waals surface area contributed by atoms with Crippen LogP contribution in [0.1, 0.15) is 19.3 Å². The van der Waals surface area contributed by atoms with E-state index < -0.39 is 23.8 Å². The van der Waals surface area contributed by atoms with Crippen molar-refractivity contribution in [1.82, 2.24) is 5.32 Å². The van der Waals surface area contributed by atoms with E-state index in [1.807, 2.05) is 0 Å². The van der Waals surface area contributed by atoms with Crippen molar-refractivity contribution in [2.75, 3.05) is 0 Å². The molecule has 3 nitrogen and oxygen atoms in total. The molecule has 4 unspecified atom stereocenters. The monoisotopic (exact) mass is 233 g/mol. The summed E-state index contributed by atoms with van der Waals surface area (Å²) in [5.41, 5.74) is -3.94. The first kappa shape index (κ1) is 13.3. The second-order valence-corrected chi connectivity index (χ2v) is 4.10. The van der Waals surface area contributed by atoms with Gasteiger partial charge in [-0.05, 0) is 19.3 Å². The summed E-state index contributed by atoms with van der Waals surface area (Å²) >= 11 is 0. The van der Waals surface area contributed by atoms with Crippen LogP contribution in [0, 0.1) is 0 Å². The molecule has 0 aromatic heterocycles. The molecule has 0 aliphatic carbocycles.